The van der Waals surface area contributed by atoms with Gasteiger partial charge in [0.15, 0.2) is 0 Å². The third kappa shape index (κ3) is 3.21. The lowest BCUT2D eigenvalue weighted by atomic mass is 10.1. The van der Waals surface area contributed by atoms with Crippen LogP contribution in [0.1, 0.15) is 27.3 Å². The van der Waals surface area contributed by atoms with E-state index in [-0.39, 0.29) is 5.91 Å². The Hall–Kier alpha value is -2.67. The Morgan fingerprint density at radius 1 is 1.30 bits per heavy atom. The molecule has 4 nitrogen and oxygen atoms in total. The summed E-state index contributed by atoms with van der Waals surface area (Å²) in [5.74, 6) is -0.129. The van der Waals surface area contributed by atoms with Gasteiger partial charge >= 0.3 is 0 Å². The minimum Gasteiger partial charge on any atom is -0.336 e. The van der Waals surface area contributed by atoms with Crippen molar-refractivity contribution in [3.63, 3.8) is 0 Å². The molecule has 0 fully saturated rings. The molecular formula is C16H15N3O. The maximum Gasteiger partial charge on any atom is 0.272 e. The summed E-state index contributed by atoms with van der Waals surface area (Å²) in [4.78, 5) is 18.1. The van der Waals surface area contributed by atoms with Crippen LogP contribution in [0.4, 0.5) is 0 Å². The number of pyridine rings is 1. The molecule has 2 aromatic rings. The molecule has 1 aromatic carbocycles. The van der Waals surface area contributed by atoms with Gasteiger partial charge in [0.25, 0.3) is 5.91 Å². The fraction of sp³-hybridized carbons (Fsp3) is 0.188. The van der Waals surface area contributed by atoms with E-state index in [1.807, 2.05) is 31.2 Å². The second-order valence-corrected chi connectivity index (χ2v) is 4.64. The zero-order valence-corrected chi connectivity index (χ0v) is 11.5. The Kier molecular flexibility index (Phi) is 4.11. The quantitative estimate of drug-likeness (QED) is 0.857. The summed E-state index contributed by atoms with van der Waals surface area (Å²) in [7, 11) is 1.73. The third-order valence-electron chi connectivity index (χ3n) is 2.93. The van der Waals surface area contributed by atoms with Gasteiger partial charge in [-0.3, -0.25) is 4.79 Å². The molecule has 0 atom stereocenters. The van der Waals surface area contributed by atoms with Crippen molar-refractivity contribution in [1.82, 2.24) is 9.88 Å². The Morgan fingerprint density at radius 3 is 2.75 bits per heavy atom. The summed E-state index contributed by atoms with van der Waals surface area (Å²) in [6.07, 6.45) is 0. The number of amides is 1. The minimum atomic E-state index is -0.129. The van der Waals surface area contributed by atoms with Crippen LogP contribution < -0.4 is 0 Å². The topological polar surface area (TPSA) is 57.0 Å². The molecule has 2 rings (SSSR count). The zero-order chi connectivity index (χ0) is 14.5. The SMILES string of the molecule is Cc1cccc(C(=O)N(C)Cc2cccc(C#N)c2)n1. The number of nitrogens with zero attached hydrogens (tertiary/aromatic N) is 3. The number of rotatable bonds is 3. The van der Waals surface area contributed by atoms with Crippen LogP contribution in [0.25, 0.3) is 0 Å². The standard InChI is InChI=1S/C16H15N3O/c1-12-5-3-8-15(18-12)16(20)19(2)11-14-7-4-6-13(9-14)10-17/h3-9H,11H2,1-2H3. The molecule has 1 heterocycles. The molecule has 0 aliphatic carbocycles. The first-order chi connectivity index (χ1) is 9.60. The number of hydrogen-bond donors (Lipinski definition) is 0. The average Bonchev–Trinajstić information content (AvgIpc) is 2.46. The number of hydrogen-bond acceptors (Lipinski definition) is 3. The van der Waals surface area contributed by atoms with Crippen molar-refractivity contribution in [2.45, 2.75) is 13.5 Å². The van der Waals surface area contributed by atoms with Crippen LogP contribution in [0.2, 0.25) is 0 Å². The molecule has 0 aliphatic heterocycles. The van der Waals surface area contributed by atoms with Gasteiger partial charge in [-0.05, 0) is 36.8 Å². The second kappa shape index (κ2) is 5.98. The summed E-state index contributed by atoms with van der Waals surface area (Å²) in [5.41, 5.74) is 2.77. The molecule has 0 radical (unpaired) electrons. The van der Waals surface area contributed by atoms with E-state index in [2.05, 4.69) is 11.1 Å². The first-order valence-electron chi connectivity index (χ1n) is 6.28. The van der Waals surface area contributed by atoms with E-state index in [0.29, 0.717) is 17.8 Å². The first-order valence-corrected chi connectivity index (χ1v) is 6.28. The van der Waals surface area contributed by atoms with Crippen LogP contribution in [-0.2, 0) is 6.54 Å². The van der Waals surface area contributed by atoms with Gasteiger partial charge in [-0.15, -0.1) is 0 Å². The summed E-state index contributed by atoms with van der Waals surface area (Å²) < 4.78 is 0. The molecule has 0 aliphatic rings. The predicted octanol–water partition coefficient (Wildman–Crippen LogP) is 2.53. The van der Waals surface area contributed by atoms with Gasteiger partial charge in [0.05, 0.1) is 11.6 Å². The number of carbonyl (C=O) groups excluding carboxylic acids is 1. The average molecular weight is 265 g/mol. The van der Waals surface area contributed by atoms with Crippen LogP contribution in [0.3, 0.4) is 0 Å². The zero-order valence-electron chi connectivity index (χ0n) is 11.5. The molecule has 1 aromatic heterocycles. The van der Waals surface area contributed by atoms with Crippen LogP contribution >= 0.6 is 0 Å². The van der Waals surface area contributed by atoms with E-state index in [4.69, 9.17) is 5.26 Å². The van der Waals surface area contributed by atoms with Crippen molar-refractivity contribution in [3.05, 3.63) is 65.0 Å². The number of nitriles is 1. The van der Waals surface area contributed by atoms with Crippen molar-refractivity contribution in [2.24, 2.45) is 0 Å². The monoisotopic (exact) mass is 265 g/mol. The van der Waals surface area contributed by atoms with Gasteiger partial charge < -0.3 is 4.90 Å². The number of aromatic nitrogens is 1. The Morgan fingerprint density at radius 2 is 2.05 bits per heavy atom. The van der Waals surface area contributed by atoms with Crippen molar-refractivity contribution < 1.29 is 4.79 Å². The maximum atomic E-state index is 12.3. The van der Waals surface area contributed by atoms with E-state index >= 15 is 0 Å². The van der Waals surface area contributed by atoms with Crippen LogP contribution in [0.15, 0.2) is 42.5 Å². The second-order valence-electron chi connectivity index (χ2n) is 4.64. The normalized spacial score (nSPS) is 9.85. The highest BCUT2D eigenvalue weighted by atomic mass is 16.2. The Bertz CT molecular complexity index is 673. The van der Waals surface area contributed by atoms with E-state index in [0.717, 1.165) is 11.3 Å². The molecule has 20 heavy (non-hydrogen) atoms. The molecule has 0 saturated carbocycles. The Labute approximate surface area is 118 Å². The molecule has 4 heteroatoms. The molecule has 0 spiro atoms. The maximum absolute atomic E-state index is 12.3. The lowest BCUT2D eigenvalue weighted by Gasteiger charge is -2.17. The number of carbonyl (C=O) groups is 1. The third-order valence-corrected chi connectivity index (χ3v) is 2.93. The lowest BCUT2D eigenvalue weighted by molar-refractivity contribution is 0.0779. The summed E-state index contributed by atoms with van der Waals surface area (Å²) in [5, 5.41) is 8.87. The van der Waals surface area contributed by atoms with Gasteiger partial charge in [-0.25, -0.2) is 4.98 Å². The fourth-order valence-electron chi connectivity index (χ4n) is 1.94. The first kappa shape index (κ1) is 13.8. The van der Waals surface area contributed by atoms with E-state index in [9.17, 15) is 4.79 Å². The van der Waals surface area contributed by atoms with Crippen molar-refractivity contribution in [3.8, 4) is 6.07 Å². The van der Waals surface area contributed by atoms with Crippen LogP contribution in [-0.4, -0.2) is 22.8 Å². The summed E-state index contributed by atoms with van der Waals surface area (Å²) in [6, 6.07) is 14.7. The van der Waals surface area contributed by atoms with E-state index in [1.54, 1.807) is 30.1 Å². The minimum absolute atomic E-state index is 0.129. The van der Waals surface area contributed by atoms with Crippen LogP contribution in [0, 0.1) is 18.3 Å². The van der Waals surface area contributed by atoms with Crippen molar-refractivity contribution >= 4 is 5.91 Å². The highest BCUT2D eigenvalue weighted by Crippen LogP contribution is 2.09. The highest BCUT2D eigenvalue weighted by molar-refractivity contribution is 5.92. The molecule has 1 amide bonds. The summed E-state index contributed by atoms with van der Waals surface area (Å²) >= 11 is 0. The molecule has 0 saturated heterocycles. The van der Waals surface area contributed by atoms with Crippen molar-refractivity contribution in [1.29, 1.82) is 5.26 Å². The van der Waals surface area contributed by atoms with E-state index in [1.165, 1.54) is 0 Å². The largest absolute Gasteiger partial charge is 0.336 e. The Balaban J connectivity index is 2.13. The van der Waals surface area contributed by atoms with E-state index < -0.39 is 0 Å². The molecule has 0 bridgehead atoms. The molecule has 100 valence electrons. The summed E-state index contributed by atoms with van der Waals surface area (Å²) in [6.45, 7) is 2.30. The van der Waals surface area contributed by atoms with Gasteiger partial charge in [0, 0.05) is 19.3 Å². The van der Waals surface area contributed by atoms with Crippen LogP contribution in [0.5, 0.6) is 0 Å². The number of benzene rings is 1. The molecular weight excluding hydrogens is 250 g/mol. The van der Waals surface area contributed by atoms with Gasteiger partial charge in [0.1, 0.15) is 5.69 Å². The predicted molar refractivity (Wildman–Crippen MR) is 75.9 cm³/mol. The fourth-order valence-corrected chi connectivity index (χ4v) is 1.94. The van der Waals surface area contributed by atoms with Gasteiger partial charge in [-0.2, -0.15) is 5.26 Å². The van der Waals surface area contributed by atoms with Gasteiger partial charge in [-0.1, -0.05) is 18.2 Å². The lowest BCUT2D eigenvalue weighted by Crippen LogP contribution is -2.27. The smallest absolute Gasteiger partial charge is 0.272 e. The highest BCUT2D eigenvalue weighted by Gasteiger charge is 2.13. The van der Waals surface area contributed by atoms with Crippen molar-refractivity contribution in [2.75, 3.05) is 7.05 Å². The number of aryl methyl sites for hydroxylation is 1. The molecule has 0 unspecified atom stereocenters. The van der Waals surface area contributed by atoms with Gasteiger partial charge in [0.2, 0.25) is 0 Å². The molecule has 0 N–H and O–H groups in total.